The second-order valence-corrected chi connectivity index (χ2v) is 5.65. The van der Waals surface area contributed by atoms with Gasteiger partial charge in [0.2, 0.25) is 0 Å². The van der Waals surface area contributed by atoms with Crippen LogP contribution in [0.1, 0.15) is 43.0 Å². The third-order valence-corrected chi connectivity index (χ3v) is 4.00. The Morgan fingerprint density at radius 1 is 1.30 bits per heavy atom. The van der Waals surface area contributed by atoms with Gasteiger partial charge in [0, 0.05) is 6.54 Å². The monoisotopic (exact) mass is 283 g/mol. The van der Waals surface area contributed by atoms with Crippen molar-refractivity contribution < 1.29 is 18.3 Å². The van der Waals surface area contributed by atoms with Crippen molar-refractivity contribution in [2.75, 3.05) is 19.0 Å². The highest BCUT2D eigenvalue weighted by molar-refractivity contribution is 5.90. The molecule has 3 nitrogen and oxygen atoms in total. The summed E-state index contributed by atoms with van der Waals surface area (Å²) >= 11 is 0. The molecule has 0 unspecified atom stereocenters. The lowest BCUT2D eigenvalue weighted by Gasteiger charge is -2.24. The van der Waals surface area contributed by atoms with Gasteiger partial charge in [-0.2, -0.15) is 0 Å². The Bertz CT molecular complexity index is 511. The first-order valence-electron chi connectivity index (χ1n) is 6.77. The average molecular weight is 283 g/mol. The van der Waals surface area contributed by atoms with Crippen molar-refractivity contribution in [1.82, 2.24) is 0 Å². The summed E-state index contributed by atoms with van der Waals surface area (Å²) in [5.41, 5.74) is -0.171. The van der Waals surface area contributed by atoms with Crippen LogP contribution in [-0.2, 0) is 4.74 Å². The Morgan fingerprint density at radius 3 is 2.55 bits per heavy atom. The molecule has 1 aliphatic rings. The van der Waals surface area contributed by atoms with Gasteiger partial charge in [-0.05, 0) is 30.4 Å². The predicted octanol–water partition coefficient (Wildman–Crippen LogP) is 3.74. The summed E-state index contributed by atoms with van der Waals surface area (Å²) in [6.45, 7) is 2.74. The number of carbonyl (C=O) groups is 1. The van der Waals surface area contributed by atoms with Crippen molar-refractivity contribution >= 4 is 11.7 Å². The lowest BCUT2D eigenvalue weighted by Crippen LogP contribution is -2.23. The van der Waals surface area contributed by atoms with Gasteiger partial charge in [0.15, 0.2) is 11.6 Å². The van der Waals surface area contributed by atoms with Crippen LogP contribution >= 0.6 is 0 Å². The molecule has 1 aromatic carbocycles. The first kappa shape index (κ1) is 14.8. The van der Waals surface area contributed by atoms with Gasteiger partial charge in [0.05, 0.1) is 18.4 Å². The zero-order valence-corrected chi connectivity index (χ0v) is 11.8. The normalized spacial score (nSPS) is 17.0. The number of rotatable bonds is 4. The maximum Gasteiger partial charge on any atom is 0.340 e. The molecule has 0 amide bonds. The summed E-state index contributed by atoms with van der Waals surface area (Å²) in [6, 6.07) is 2.62. The third-order valence-electron chi connectivity index (χ3n) is 4.00. The van der Waals surface area contributed by atoms with E-state index in [1.54, 1.807) is 0 Å². The molecule has 0 spiro atoms. The van der Waals surface area contributed by atoms with Gasteiger partial charge in [0.25, 0.3) is 0 Å². The number of hydrogen-bond acceptors (Lipinski definition) is 3. The van der Waals surface area contributed by atoms with Crippen molar-refractivity contribution in [1.29, 1.82) is 0 Å². The smallest absolute Gasteiger partial charge is 0.340 e. The quantitative estimate of drug-likeness (QED) is 0.855. The number of hydrogen-bond donors (Lipinski definition) is 1. The van der Waals surface area contributed by atoms with Gasteiger partial charge in [-0.3, -0.25) is 0 Å². The van der Waals surface area contributed by atoms with Gasteiger partial charge in [-0.25, -0.2) is 13.6 Å². The molecule has 0 aromatic heterocycles. The summed E-state index contributed by atoms with van der Waals surface area (Å²) < 4.78 is 32.1. The maximum absolute atomic E-state index is 13.9. The molecule has 1 aromatic rings. The second kappa shape index (κ2) is 5.77. The first-order chi connectivity index (χ1) is 9.47. The SMILES string of the molecule is COC(=O)c1ccc(NCC2(C)CCCC2)c(F)c1F. The van der Waals surface area contributed by atoms with E-state index in [0.29, 0.717) is 6.54 Å². The van der Waals surface area contributed by atoms with Gasteiger partial charge >= 0.3 is 5.97 Å². The van der Waals surface area contributed by atoms with Gasteiger partial charge in [0.1, 0.15) is 0 Å². The van der Waals surface area contributed by atoms with E-state index >= 15 is 0 Å². The van der Waals surface area contributed by atoms with Crippen molar-refractivity contribution in [3.63, 3.8) is 0 Å². The Morgan fingerprint density at radius 2 is 1.95 bits per heavy atom. The molecule has 2 rings (SSSR count). The summed E-state index contributed by atoms with van der Waals surface area (Å²) in [5.74, 6) is -3.08. The van der Waals surface area contributed by atoms with E-state index in [1.165, 1.54) is 25.0 Å². The molecule has 1 N–H and O–H groups in total. The molecule has 0 aliphatic heterocycles. The van der Waals surface area contributed by atoms with Crippen LogP contribution in [0.25, 0.3) is 0 Å². The zero-order chi connectivity index (χ0) is 14.8. The minimum Gasteiger partial charge on any atom is -0.465 e. The number of ether oxygens (including phenoxy) is 1. The minimum absolute atomic E-state index is 0.0864. The van der Waals surface area contributed by atoms with Gasteiger partial charge in [-0.15, -0.1) is 0 Å². The Balaban J connectivity index is 2.13. The van der Waals surface area contributed by atoms with Crippen LogP contribution in [0, 0.1) is 17.0 Å². The molecule has 1 fully saturated rings. The van der Waals surface area contributed by atoms with E-state index < -0.39 is 17.6 Å². The van der Waals surface area contributed by atoms with Crippen molar-refractivity contribution in [2.45, 2.75) is 32.6 Å². The van der Waals surface area contributed by atoms with E-state index in [-0.39, 0.29) is 16.7 Å². The van der Waals surface area contributed by atoms with Crippen LogP contribution in [0.3, 0.4) is 0 Å². The van der Waals surface area contributed by atoms with E-state index in [1.807, 2.05) is 0 Å². The Labute approximate surface area is 117 Å². The predicted molar refractivity (Wildman–Crippen MR) is 72.8 cm³/mol. The van der Waals surface area contributed by atoms with Gasteiger partial charge < -0.3 is 10.1 Å². The van der Waals surface area contributed by atoms with Crippen LogP contribution in [0.4, 0.5) is 14.5 Å². The first-order valence-corrected chi connectivity index (χ1v) is 6.77. The lowest BCUT2D eigenvalue weighted by molar-refractivity contribution is 0.0594. The molecule has 0 saturated heterocycles. The molecule has 1 saturated carbocycles. The molecular formula is C15H19F2NO2. The van der Waals surface area contributed by atoms with E-state index in [0.717, 1.165) is 20.0 Å². The van der Waals surface area contributed by atoms with E-state index in [2.05, 4.69) is 17.0 Å². The van der Waals surface area contributed by atoms with E-state index in [4.69, 9.17) is 0 Å². The highest BCUT2D eigenvalue weighted by atomic mass is 19.2. The number of nitrogens with one attached hydrogen (secondary N) is 1. The maximum atomic E-state index is 13.9. The number of carbonyl (C=O) groups excluding carboxylic acids is 1. The second-order valence-electron chi connectivity index (χ2n) is 5.65. The summed E-state index contributed by atoms with van der Waals surface area (Å²) in [5, 5.41) is 2.95. The number of esters is 1. The third kappa shape index (κ3) is 2.92. The van der Waals surface area contributed by atoms with E-state index in [9.17, 15) is 13.6 Å². The average Bonchev–Trinajstić information content (AvgIpc) is 2.87. The number of anilines is 1. The molecule has 0 atom stereocenters. The van der Waals surface area contributed by atoms with Crippen molar-refractivity contribution in [3.05, 3.63) is 29.3 Å². The Hall–Kier alpha value is -1.65. The van der Waals surface area contributed by atoms with Crippen LogP contribution in [0.2, 0.25) is 0 Å². The number of methoxy groups -OCH3 is 1. The summed E-state index contributed by atoms with van der Waals surface area (Å²) in [7, 11) is 1.13. The molecule has 5 heteroatoms. The molecule has 0 radical (unpaired) electrons. The lowest BCUT2D eigenvalue weighted by atomic mass is 9.89. The minimum atomic E-state index is -1.17. The highest BCUT2D eigenvalue weighted by Crippen LogP contribution is 2.37. The fourth-order valence-corrected chi connectivity index (χ4v) is 2.67. The van der Waals surface area contributed by atoms with Crippen LogP contribution < -0.4 is 5.32 Å². The highest BCUT2D eigenvalue weighted by Gasteiger charge is 2.29. The zero-order valence-electron chi connectivity index (χ0n) is 11.8. The van der Waals surface area contributed by atoms with Gasteiger partial charge in [-0.1, -0.05) is 19.8 Å². The molecule has 20 heavy (non-hydrogen) atoms. The molecule has 0 bridgehead atoms. The topological polar surface area (TPSA) is 38.3 Å². The fourth-order valence-electron chi connectivity index (χ4n) is 2.67. The largest absolute Gasteiger partial charge is 0.465 e. The summed E-state index contributed by atoms with van der Waals surface area (Å²) in [6.07, 6.45) is 4.53. The summed E-state index contributed by atoms with van der Waals surface area (Å²) in [4.78, 5) is 11.3. The van der Waals surface area contributed by atoms with Crippen LogP contribution in [0.5, 0.6) is 0 Å². The number of benzene rings is 1. The Kier molecular flexibility index (Phi) is 4.26. The van der Waals surface area contributed by atoms with Crippen molar-refractivity contribution in [2.24, 2.45) is 5.41 Å². The van der Waals surface area contributed by atoms with Crippen LogP contribution in [0.15, 0.2) is 12.1 Å². The van der Waals surface area contributed by atoms with Crippen molar-refractivity contribution in [3.8, 4) is 0 Å². The molecule has 0 heterocycles. The van der Waals surface area contributed by atoms with Crippen LogP contribution in [-0.4, -0.2) is 19.6 Å². The fraction of sp³-hybridized carbons (Fsp3) is 0.533. The molecule has 1 aliphatic carbocycles. The number of halogens is 2. The standard InChI is InChI=1S/C15H19F2NO2/c1-15(7-3-4-8-15)9-18-11-6-5-10(14(19)20-2)12(16)13(11)17/h5-6,18H,3-4,7-9H2,1-2H3. The molecule has 110 valence electrons. The molecular weight excluding hydrogens is 264 g/mol.